The number of aromatic nitrogens is 2. The predicted molar refractivity (Wildman–Crippen MR) is 131 cm³/mol. The van der Waals surface area contributed by atoms with E-state index in [-0.39, 0.29) is 23.1 Å². The van der Waals surface area contributed by atoms with E-state index in [1.54, 1.807) is 6.20 Å². The van der Waals surface area contributed by atoms with Crippen molar-refractivity contribution in [1.29, 1.82) is 0 Å². The first-order valence-electron chi connectivity index (χ1n) is 11.4. The Kier molecular flexibility index (Phi) is 7.69. The first-order valence-corrected chi connectivity index (χ1v) is 11.4. The van der Waals surface area contributed by atoms with E-state index in [0.29, 0.717) is 18.7 Å². The van der Waals surface area contributed by atoms with Gasteiger partial charge in [0.25, 0.3) is 5.91 Å². The van der Waals surface area contributed by atoms with Gasteiger partial charge in [-0.1, -0.05) is 71.0 Å². The van der Waals surface area contributed by atoms with E-state index in [1.165, 1.54) is 0 Å². The van der Waals surface area contributed by atoms with E-state index in [4.69, 9.17) is 0 Å². The fraction of sp³-hybridized carbons (Fsp3) is 0.370. The average molecular weight is 447 g/mol. The third kappa shape index (κ3) is 6.54. The van der Waals surface area contributed by atoms with Crippen LogP contribution in [0.2, 0.25) is 0 Å². The van der Waals surface area contributed by atoms with Crippen molar-refractivity contribution in [3.8, 4) is 0 Å². The minimum absolute atomic E-state index is 0.0169. The summed E-state index contributed by atoms with van der Waals surface area (Å²) in [6.45, 7) is 11.3. The van der Waals surface area contributed by atoms with Gasteiger partial charge >= 0.3 is 0 Å². The zero-order valence-corrected chi connectivity index (χ0v) is 20.1. The fourth-order valence-electron chi connectivity index (χ4n) is 3.63. The minimum Gasteiger partial charge on any atom is -0.350 e. The number of carbonyl (C=O) groups excluding carboxylic acids is 2. The highest BCUT2D eigenvalue weighted by Gasteiger charge is 2.25. The van der Waals surface area contributed by atoms with Gasteiger partial charge < -0.3 is 10.6 Å². The summed E-state index contributed by atoms with van der Waals surface area (Å²) in [5, 5.41) is 10.2. The Hall–Kier alpha value is -3.41. The quantitative estimate of drug-likeness (QED) is 0.542. The zero-order valence-electron chi connectivity index (χ0n) is 20.1. The van der Waals surface area contributed by atoms with Crippen molar-refractivity contribution < 1.29 is 9.59 Å². The second kappa shape index (κ2) is 10.5. The van der Waals surface area contributed by atoms with Crippen LogP contribution in [0.1, 0.15) is 61.7 Å². The lowest BCUT2D eigenvalue weighted by Gasteiger charge is -2.23. The summed E-state index contributed by atoms with van der Waals surface area (Å²) in [7, 11) is 0. The molecule has 0 bridgehead atoms. The van der Waals surface area contributed by atoms with Gasteiger partial charge in [0, 0.05) is 24.5 Å². The number of amides is 2. The summed E-state index contributed by atoms with van der Waals surface area (Å²) in [6.07, 6.45) is 3.66. The summed E-state index contributed by atoms with van der Waals surface area (Å²) in [5.41, 5.74) is 3.83. The van der Waals surface area contributed by atoms with Gasteiger partial charge in [-0.2, -0.15) is 5.10 Å². The summed E-state index contributed by atoms with van der Waals surface area (Å²) < 4.78 is 1.85. The van der Waals surface area contributed by atoms with Crippen LogP contribution in [0.4, 0.5) is 0 Å². The number of nitrogens with zero attached hydrogens (tertiary/aromatic N) is 2. The second-order valence-corrected chi connectivity index (χ2v) is 9.71. The normalized spacial score (nSPS) is 12.4. The molecule has 174 valence electrons. The molecule has 6 nitrogen and oxygen atoms in total. The average Bonchev–Trinajstić information content (AvgIpc) is 3.29. The third-order valence-electron chi connectivity index (χ3n) is 5.71. The molecule has 0 saturated carbocycles. The molecule has 0 saturated heterocycles. The first kappa shape index (κ1) is 24.2. The van der Waals surface area contributed by atoms with Gasteiger partial charge in [0.1, 0.15) is 6.04 Å². The van der Waals surface area contributed by atoms with E-state index >= 15 is 0 Å². The first-order chi connectivity index (χ1) is 15.6. The highest BCUT2D eigenvalue weighted by molar-refractivity contribution is 5.97. The van der Waals surface area contributed by atoms with Crippen LogP contribution in [-0.2, 0) is 23.3 Å². The Morgan fingerprint density at radius 2 is 1.64 bits per heavy atom. The van der Waals surface area contributed by atoms with Gasteiger partial charge in [0.2, 0.25) is 5.91 Å². The van der Waals surface area contributed by atoms with Crippen LogP contribution in [0.15, 0.2) is 67.0 Å². The highest BCUT2D eigenvalue weighted by atomic mass is 16.2. The molecule has 2 N–H and O–H groups in total. The van der Waals surface area contributed by atoms with Crippen molar-refractivity contribution in [3.05, 3.63) is 89.2 Å². The molecular weight excluding hydrogens is 412 g/mol. The maximum Gasteiger partial charge on any atom is 0.251 e. The van der Waals surface area contributed by atoms with Gasteiger partial charge in [-0.3, -0.25) is 14.3 Å². The van der Waals surface area contributed by atoms with Crippen molar-refractivity contribution in [3.63, 3.8) is 0 Å². The van der Waals surface area contributed by atoms with Crippen LogP contribution in [-0.4, -0.2) is 27.6 Å². The van der Waals surface area contributed by atoms with Crippen molar-refractivity contribution in [2.75, 3.05) is 0 Å². The number of hydrogen-bond acceptors (Lipinski definition) is 3. The molecule has 3 rings (SSSR count). The molecule has 1 unspecified atom stereocenters. The largest absolute Gasteiger partial charge is 0.350 e. The van der Waals surface area contributed by atoms with E-state index < -0.39 is 6.04 Å². The van der Waals surface area contributed by atoms with Crippen LogP contribution in [0.25, 0.3) is 0 Å². The van der Waals surface area contributed by atoms with Crippen LogP contribution in [0, 0.1) is 5.92 Å². The summed E-state index contributed by atoms with van der Waals surface area (Å²) >= 11 is 0. The van der Waals surface area contributed by atoms with Crippen molar-refractivity contribution >= 4 is 11.8 Å². The molecule has 0 spiro atoms. The molecule has 6 heteroatoms. The van der Waals surface area contributed by atoms with Gasteiger partial charge in [-0.25, -0.2) is 0 Å². The summed E-state index contributed by atoms with van der Waals surface area (Å²) in [4.78, 5) is 25.8. The smallest absolute Gasteiger partial charge is 0.251 e. The van der Waals surface area contributed by atoms with E-state index in [1.807, 2.05) is 79.3 Å². The Bertz CT molecular complexity index is 1060. The molecule has 33 heavy (non-hydrogen) atoms. The monoisotopic (exact) mass is 446 g/mol. The molecule has 0 radical (unpaired) electrons. The SMILES string of the molecule is CC(C)C(NC(=O)c1ccc(C(C)(C)C)cc1)C(=O)NCc1ccccc1Cn1cccn1. The van der Waals surface area contributed by atoms with E-state index in [0.717, 1.165) is 16.7 Å². The maximum absolute atomic E-state index is 13.0. The molecule has 0 fully saturated rings. The molecule has 1 aromatic heterocycles. The highest BCUT2D eigenvalue weighted by Crippen LogP contribution is 2.22. The maximum atomic E-state index is 13.0. The topological polar surface area (TPSA) is 76.0 Å². The molecule has 0 aliphatic rings. The lowest BCUT2D eigenvalue weighted by atomic mass is 9.86. The molecule has 0 aliphatic heterocycles. The van der Waals surface area contributed by atoms with Crippen LogP contribution >= 0.6 is 0 Å². The van der Waals surface area contributed by atoms with Crippen LogP contribution in [0.5, 0.6) is 0 Å². The lowest BCUT2D eigenvalue weighted by Crippen LogP contribution is -2.49. The molecule has 2 amide bonds. The number of hydrogen-bond donors (Lipinski definition) is 2. The van der Waals surface area contributed by atoms with Gasteiger partial charge in [0.05, 0.1) is 6.54 Å². The van der Waals surface area contributed by atoms with Gasteiger partial charge in [-0.05, 0) is 46.2 Å². The second-order valence-electron chi connectivity index (χ2n) is 9.71. The van der Waals surface area contributed by atoms with E-state index in [9.17, 15) is 9.59 Å². The standard InChI is InChI=1S/C27H34N4O2/c1-19(2)24(30-25(32)20-11-13-23(14-12-20)27(3,4)5)26(33)28-17-21-9-6-7-10-22(21)18-31-16-8-15-29-31/h6-16,19,24H,17-18H2,1-5H3,(H,28,33)(H,30,32). The van der Waals surface area contributed by atoms with E-state index in [2.05, 4.69) is 36.5 Å². The van der Waals surface area contributed by atoms with Gasteiger partial charge in [-0.15, -0.1) is 0 Å². The molecule has 1 heterocycles. The number of benzene rings is 2. The van der Waals surface area contributed by atoms with Crippen molar-refractivity contribution in [1.82, 2.24) is 20.4 Å². The minimum atomic E-state index is -0.627. The molecule has 0 aliphatic carbocycles. The Balaban J connectivity index is 1.64. The number of nitrogens with one attached hydrogen (secondary N) is 2. The predicted octanol–water partition coefficient (Wildman–Crippen LogP) is 4.30. The summed E-state index contributed by atoms with van der Waals surface area (Å²) in [5.74, 6) is -0.496. The summed E-state index contributed by atoms with van der Waals surface area (Å²) in [6, 6.07) is 16.8. The molecule has 2 aromatic carbocycles. The van der Waals surface area contributed by atoms with Crippen molar-refractivity contribution in [2.45, 2.75) is 59.2 Å². The number of rotatable bonds is 8. The molecule has 3 aromatic rings. The van der Waals surface area contributed by atoms with Crippen molar-refractivity contribution in [2.24, 2.45) is 5.92 Å². The van der Waals surface area contributed by atoms with Crippen LogP contribution in [0.3, 0.4) is 0 Å². The fourth-order valence-corrected chi connectivity index (χ4v) is 3.63. The number of carbonyl (C=O) groups is 2. The Morgan fingerprint density at radius 3 is 2.21 bits per heavy atom. The Labute approximate surface area is 196 Å². The zero-order chi connectivity index (χ0) is 24.0. The van der Waals surface area contributed by atoms with Crippen LogP contribution < -0.4 is 10.6 Å². The van der Waals surface area contributed by atoms with Gasteiger partial charge in [0.15, 0.2) is 0 Å². The third-order valence-corrected chi connectivity index (χ3v) is 5.71. The lowest BCUT2D eigenvalue weighted by molar-refractivity contribution is -0.124. The molecular formula is C27H34N4O2. The Morgan fingerprint density at radius 1 is 0.970 bits per heavy atom. The molecule has 1 atom stereocenters.